The maximum atomic E-state index is 12.6. The van der Waals surface area contributed by atoms with Crippen LogP contribution in [0.5, 0.6) is 0 Å². The lowest BCUT2D eigenvalue weighted by atomic mass is 10.1. The number of ether oxygens (including phenoxy) is 1. The van der Waals surface area contributed by atoms with Crippen molar-refractivity contribution >= 4 is 16.9 Å². The lowest BCUT2D eigenvalue weighted by molar-refractivity contribution is -0.161. The van der Waals surface area contributed by atoms with E-state index in [1.54, 1.807) is 0 Å². The van der Waals surface area contributed by atoms with Crippen LogP contribution < -0.4 is 4.90 Å². The highest BCUT2D eigenvalue weighted by Gasteiger charge is 2.35. The molecule has 8 heteroatoms. The molecule has 3 heterocycles. The molecule has 0 spiro atoms. The molecule has 2 aromatic heterocycles. The van der Waals surface area contributed by atoms with Crippen molar-refractivity contribution in [1.29, 1.82) is 0 Å². The van der Waals surface area contributed by atoms with Crippen LogP contribution in [0.25, 0.3) is 11.0 Å². The van der Waals surface area contributed by atoms with Crippen LogP contribution in [0.4, 0.5) is 19.0 Å². The summed E-state index contributed by atoms with van der Waals surface area (Å²) in [5, 5.41) is 0.868. The molecule has 22 heavy (non-hydrogen) atoms. The van der Waals surface area contributed by atoms with E-state index in [0.29, 0.717) is 18.0 Å². The van der Waals surface area contributed by atoms with Crippen LogP contribution in [-0.2, 0) is 4.74 Å². The maximum Gasteiger partial charge on any atom is 0.391 e. The summed E-state index contributed by atoms with van der Waals surface area (Å²) in [5.41, 5.74) is 2.71. The third-order valence-corrected chi connectivity index (χ3v) is 3.97. The van der Waals surface area contributed by atoms with E-state index in [0.717, 1.165) is 16.6 Å². The lowest BCUT2D eigenvalue weighted by Gasteiger charge is -2.34. The number of morpholine rings is 1. The fraction of sp³-hybridized carbons (Fsp3) is 0.571. The standard InChI is InChI=1S/C14H17F3N4O/c1-8-9(2)20-12-11(8)13(19-7-18-12)21-3-4-22-10(6-21)5-14(15,16)17/h7,10H,3-6H2,1-2H3,(H,18,19,20). The van der Waals surface area contributed by atoms with Gasteiger partial charge in [0.15, 0.2) is 0 Å². The first-order chi connectivity index (χ1) is 10.3. The highest BCUT2D eigenvalue weighted by molar-refractivity contribution is 5.91. The molecule has 0 amide bonds. The molecule has 1 saturated heterocycles. The minimum atomic E-state index is -4.23. The number of hydrogen-bond acceptors (Lipinski definition) is 4. The Morgan fingerprint density at radius 1 is 1.36 bits per heavy atom. The van der Waals surface area contributed by atoms with Gasteiger partial charge in [0.05, 0.1) is 24.5 Å². The number of aromatic nitrogens is 3. The van der Waals surface area contributed by atoms with Crippen LogP contribution in [0.1, 0.15) is 17.7 Å². The summed E-state index contributed by atoms with van der Waals surface area (Å²) in [6, 6.07) is 0. The van der Waals surface area contributed by atoms with E-state index in [1.165, 1.54) is 6.33 Å². The minimum absolute atomic E-state index is 0.176. The topological polar surface area (TPSA) is 54.0 Å². The van der Waals surface area contributed by atoms with E-state index in [1.807, 2.05) is 18.7 Å². The van der Waals surface area contributed by atoms with Gasteiger partial charge in [0.25, 0.3) is 0 Å². The number of nitrogens with one attached hydrogen (secondary N) is 1. The third kappa shape index (κ3) is 2.87. The molecule has 1 unspecified atom stereocenters. The molecule has 120 valence electrons. The first kappa shape index (κ1) is 15.1. The lowest BCUT2D eigenvalue weighted by Crippen LogP contribution is -2.44. The Balaban J connectivity index is 1.91. The van der Waals surface area contributed by atoms with Crippen molar-refractivity contribution < 1.29 is 17.9 Å². The molecule has 0 aliphatic carbocycles. The van der Waals surface area contributed by atoms with E-state index < -0.39 is 18.7 Å². The van der Waals surface area contributed by atoms with E-state index >= 15 is 0 Å². The number of alkyl halides is 3. The van der Waals surface area contributed by atoms with Gasteiger partial charge >= 0.3 is 6.18 Å². The number of rotatable bonds is 2. The molecule has 1 N–H and O–H groups in total. The average Bonchev–Trinajstić information content (AvgIpc) is 2.73. The number of H-pyrrole nitrogens is 1. The molecule has 1 atom stereocenters. The zero-order valence-electron chi connectivity index (χ0n) is 12.4. The normalized spacial score (nSPS) is 19.9. The summed E-state index contributed by atoms with van der Waals surface area (Å²) in [5.74, 6) is 0.669. The zero-order chi connectivity index (χ0) is 15.9. The van der Waals surface area contributed by atoms with Crippen molar-refractivity contribution in [3.05, 3.63) is 17.6 Å². The molecule has 1 fully saturated rings. The Hall–Kier alpha value is -1.83. The van der Waals surface area contributed by atoms with E-state index in [-0.39, 0.29) is 13.2 Å². The predicted molar refractivity (Wildman–Crippen MR) is 76.0 cm³/mol. The first-order valence-electron chi connectivity index (χ1n) is 7.08. The second-order valence-corrected chi connectivity index (χ2v) is 5.55. The summed E-state index contributed by atoms with van der Waals surface area (Å²) in [7, 11) is 0. The van der Waals surface area contributed by atoms with Crippen LogP contribution >= 0.6 is 0 Å². The average molecular weight is 314 g/mol. The number of fused-ring (bicyclic) bond motifs is 1. The predicted octanol–water partition coefficient (Wildman–Crippen LogP) is 2.73. The Labute approximate surface area is 125 Å². The Morgan fingerprint density at radius 2 is 2.14 bits per heavy atom. The second-order valence-electron chi connectivity index (χ2n) is 5.55. The number of hydrogen-bond donors (Lipinski definition) is 1. The highest BCUT2D eigenvalue weighted by atomic mass is 19.4. The minimum Gasteiger partial charge on any atom is -0.374 e. The second kappa shape index (κ2) is 5.42. The maximum absolute atomic E-state index is 12.6. The SMILES string of the molecule is Cc1[nH]c2ncnc(N3CCOC(CC(F)(F)F)C3)c2c1C. The third-order valence-electron chi connectivity index (χ3n) is 3.97. The monoisotopic (exact) mass is 314 g/mol. The molecule has 1 aliphatic heterocycles. The van der Waals surface area contributed by atoms with Gasteiger partial charge in [-0.25, -0.2) is 9.97 Å². The van der Waals surface area contributed by atoms with Crippen LogP contribution in [0.2, 0.25) is 0 Å². The van der Waals surface area contributed by atoms with E-state index in [2.05, 4.69) is 15.0 Å². The highest BCUT2D eigenvalue weighted by Crippen LogP contribution is 2.31. The van der Waals surface area contributed by atoms with Crippen molar-refractivity contribution in [1.82, 2.24) is 15.0 Å². The summed E-state index contributed by atoms with van der Waals surface area (Å²) in [4.78, 5) is 13.5. The molecule has 0 bridgehead atoms. The van der Waals surface area contributed by atoms with E-state index in [4.69, 9.17) is 4.74 Å². The first-order valence-corrected chi connectivity index (χ1v) is 7.08. The smallest absolute Gasteiger partial charge is 0.374 e. The fourth-order valence-electron chi connectivity index (χ4n) is 2.81. The number of nitrogens with zero attached hydrogens (tertiary/aromatic N) is 3. The molecule has 0 radical (unpaired) electrons. The van der Waals surface area contributed by atoms with Gasteiger partial charge in [-0.05, 0) is 19.4 Å². The van der Waals surface area contributed by atoms with Gasteiger partial charge in [0, 0.05) is 18.8 Å². The van der Waals surface area contributed by atoms with Crippen molar-refractivity contribution in [2.45, 2.75) is 32.5 Å². The van der Waals surface area contributed by atoms with Crippen LogP contribution in [0.3, 0.4) is 0 Å². The van der Waals surface area contributed by atoms with Crippen molar-refractivity contribution in [2.24, 2.45) is 0 Å². The number of anilines is 1. The zero-order valence-corrected chi connectivity index (χ0v) is 12.4. The van der Waals surface area contributed by atoms with Gasteiger partial charge in [0.2, 0.25) is 0 Å². The van der Waals surface area contributed by atoms with Gasteiger partial charge in [-0.3, -0.25) is 0 Å². The van der Waals surface area contributed by atoms with Crippen molar-refractivity contribution in [3.8, 4) is 0 Å². The fourth-order valence-corrected chi connectivity index (χ4v) is 2.81. The number of halogens is 3. The Bertz CT molecular complexity index is 683. The van der Waals surface area contributed by atoms with Gasteiger partial charge in [-0.1, -0.05) is 0 Å². The molecule has 1 aliphatic rings. The Kier molecular flexibility index (Phi) is 3.72. The van der Waals surface area contributed by atoms with Crippen LogP contribution in [0.15, 0.2) is 6.33 Å². The van der Waals surface area contributed by atoms with Gasteiger partial charge in [-0.2, -0.15) is 13.2 Å². The van der Waals surface area contributed by atoms with Gasteiger partial charge in [-0.15, -0.1) is 0 Å². The van der Waals surface area contributed by atoms with E-state index in [9.17, 15) is 13.2 Å². The summed E-state index contributed by atoms with van der Waals surface area (Å²) in [6.45, 7) is 4.84. The summed E-state index contributed by atoms with van der Waals surface area (Å²) < 4.78 is 42.9. The molecule has 2 aromatic rings. The van der Waals surface area contributed by atoms with Gasteiger partial charge in [0.1, 0.15) is 17.8 Å². The quantitative estimate of drug-likeness (QED) is 0.926. The number of aromatic amines is 1. The Morgan fingerprint density at radius 3 is 2.86 bits per heavy atom. The molecule has 5 nitrogen and oxygen atoms in total. The molecule has 0 saturated carbocycles. The largest absolute Gasteiger partial charge is 0.391 e. The molecular weight excluding hydrogens is 297 g/mol. The summed E-state index contributed by atoms with van der Waals surface area (Å²) >= 11 is 0. The molecule has 0 aromatic carbocycles. The van der Waals surface area contributed by atoms with Crippen molar-refractivity contribution in [2.75, 3.05) is 24.6 Å². The number of aryl methyl sites for hydroxylation is 2. The molecular formula is C14H17F3N4O. The van der Waals surface area contributed by atoms with Gasteiger partial charge < -0.3 is 14.6 Å². The van der Waals surface area contributed by atoms with Crippen molar-refractivity contribution in [3.63, 3.8) is 0 Å². The van der Waals surface area contributed by atoms with Crippen LogP contribution in [-0.4, -0.2) is 46.9 Å². The van der Waals surface area contributed by atoms with Crippen LogP contribution in [0, 0.1) is 13.8 Å². The molecule has 3 rings (SSSR count). The summed E-state index contributed by atoms with van der Waals surface area (Å²) in [6.07, 6.45) is -4.60.